The standard InChI is InChI=1S/C16H21NO5/c1-21-10-13-8-14(22-2)9-17(13)15(18)7-11-3-5-12(6-4-11)16(19)20/h3-6,13-14H,7-10H2,1-2H3,(H,19,20)/t13-,14-/m0/s1. The Hall–Kier alpha value is -1.92. The van der Waals surface area contributed by atoms with Crippen LogP contribution < -0.4 is 0 Å². The zero-order chi connectivity index (χ0) is 16.1. The van der Waals surface area contributed by atoms with E-state index in [0.717, 1.165) is 12.0 Å². The third-order valence-electron chi connectivity index (χ3n) is 3.95. The summed E-state index contributed by atoms with van der Waals surface area (Å²) in [4.78, 5) is 25.1. The molecular formula is C16H21NO5. The van der Waals surface area contributed by atoms with Gasteiger partial charge in [0.1, 0.15) is 0 Å². The smallest absolute Gasteiger partial charge is 0.335 e. The van der Waals surface area contributed by atoms with Gasteiger partial charge in [-0.25, -0.2) is 4.79 Å². The second kappa shape index (κ2) is 7.38. The van der Waals surface area contributed by atoms with E-state index in [1.807, 2.05) is 0 Å². The first-order chi connectivity index (χ1) is 10.5. The van der Waals surface area contributed by atoms with Gasteiger partial charge in [0.25, 0.3) is 0 Å². The number of carboxylic acid groups (broad SMARTS) is 1. The highest BCUT2D eigenvalue weighted by molar-refractivity contribution is 5.87. The highest BCUT2D eigenvalue weighted by Gasteiger charge is 2.35. The fourth-order valence-corrected chi connectivity index (χ4v) is 2.74. The second-order valence-corrected chi connectivity index (χ2v) is 5.43. The van der Waals surface area contributed by atoms with Gasteiger partial charge in [0.2, 0.25) is 5.91 Å². The third kappa shape index (κ3) is 3.84. The van der Waals surface area contributed by atoms with Gasteiger partial charge in [-0.2, -0.15) is 0 Å². The molecule has 1 heterocycles. The number of aromatic carboxylic acids is 1. The molecule has 0 unspecified atom stereocenters. The van der Waals surface area contributed by atoms with Crippen molar-refractivity contribution in [1.82, 2.24) is 4.90 Å². The lowest BCUT2D eigenvalue weighted by atomic mass is 10.1. The van der Waals surface area contributed by atoms with Gasteiger partial charge in [-0.1, -0.05) is 12.1 Å². The number of hydrogen-bond acceptors (Lipinski definition) is 4. The van der Waals surface area contributed by atoms with Crippen molar-refractivity contribution in [3.63, 3.8) is 0 Å². The number of hydrogen-bond donors (Lipinski definition) is 1. The van der Waals surface area contributed by atoms with Crippen LogP contribution in [0.15, 0.2) is 24.3 Å². The molecule has 0 radical (unpaired) electrons. The van der Waals surface area contributed by atoms with Crippen LogP contribution >= 0.6 is 0 Å². The Morgan fingerprint density at radius 3 is 2.50 bits per heavy atom. The molecule has 6 heteroatoms. The van der Waals surface area contributed by atoms with Crippen LogP contribution in [0.25, 0.3) is 0 Å². The van der Waals surface area contributed by atoms with E-state index in [-0.39, 0.29) is 30.0 Å². The minimum atomic E-state index is -0.972. The summed E-state index contributed by atoms with van der Waals surface area (Å²) in [6.07, 6.45) is 1.06. The monoisotopic (exact) mass is 307 g/mol. The van der Waals surface area contributed by atoms with E-state index >= 15 is 0 Å². The molecule has 0 aromatic heterocycles. The quantitative estimate of drug-likeness (QED) is 0.854. The molecule has 2 atom stereocenters. The summed E-state index contributed by atoms with van der Waals surface area (Å²) >= 11 is 0. The fourth-order valence-electron chi connectivity index (χ4n) is 2.74. The lowest BCUT2D eigenvalue weighted by Crippen LogP contribution is -2.39. The summed E-state index contributed by atoms with van der Waals surface area (Å²) in [5, 5.41) is 8.88. The van der Waals surface area contributed by atoms with Crippen LogP contribution in [-0.2, 0) is 20.7 Å². The highest BCUT2D eigenvalue weighted by atomic mass is 16.5. The van der Waals surface area contributed by atoms with Crippen LogP contribution in [0.5, 0.6) is 0 Å². The molecule has 2 rings (SSSR count). The van der Waals surface area contributed by atoms with E-state index in [2.05, 4.69) is 0 Å². The van der Waals surface area contributed by atoms with Crippen molar-refractivity contribution in [2.75, 3.05) is 27.4 Å². The van der Waals surface area contributed by atoms with Crippen molar-refractivity contribution in [2.24, 2.45) is 0 Å². The lowest BCUT2D eigenvalue weighted by molar-refractivity contribution is -0.132. The number of ether oxygens (including phenoxy) is 2. The number of benzene rings is 1. The van der Waals surface area contributed by atoms with E-state index in [0.29, 0.717) is 13.2 Å². The van der Waals surface area contributed by atoms with Gasteiger partial charge in [0.05, 0.1) is 30.7 Å². The predicted molar refractivity (Wildman–Crippen MR) is 79.9 cm³/mol. The molecule has 120 valence electrons. The fraction of sp³-hybridized carbons (Fsp3) is 0.500. The number of methoxy groups -OCH3 is 2. The molecule has 1 aromatic rings. The maximum Gasteiger partial charge on any atom is 0.335 e. The average Bonchev–Trinajstić information content (AvgIpc) is 2.91. The zero-order valence-corrected chi connectivity index (χ0v) is 12.8. The van der Waals surface area contributed by atoms with Crippen LogP contribution in [0.1, 0.15) is 22.3 Å². The first kappa shape index (κ1) is 16.5. The van der Waals surface area contributed by atoms with E-state index in [1.54, 1.807) is 31.3 Å². The van der Waals surface area contributed by atoms with Crippen LogP contribution in [0, 0.1) is 0 Å². The molecule has 1 aliphatic heterocycles. The normalized spacial score (nSPS) is 21.1. The lowest BCUT2D eigenvalue weighted by Gasteiger charge is -2.23. The SMILES string of the molecule is COC[C@@H]1C[C@H](OC)CN1C(=O)Cc1ccc(C(=O)O)cc1. The molecule has 1 N–H and O–H groups in total. The van der Waals surface area contributed by atoms with Gasteiger partial charge in [0, 0.05) is 20.8 Å². The third-order valence-corrected chi connectivity index (χ3v) is 3.95. The van der Waals surface area contributed by atoms with Crippen LogP contribution in [0.3, 0.4) is 0 Å². The van der Waals surface area contributed by atoms with Gasteiger partial charge >= 0.3 is 5.97 Å². The van der Waals surface area contributed by atoms with Gasteiger partial charge in [-0.3, -0.25) is 4.79 Å². The molecule has 22 heavy (non-hydrogen) atoms. The molecule has 1 saturated heterocycles. The Bertz CT molecular complexity index is 528. The molecule has 6 nitrogen and oxygen atoms in total. The van der Waals surface area contributed by atoms with E-state index in [9.17, 15) is 9.59 Å². The number of carboxylic acids is 1. The Morgan fingerprint density at radius 1 is 1.27 bits per heavy atom. The van der Waals surface area contributed by atoms with Gasteiger partial charge in [-0.05, 0) is 24.1 Å². The van der Waals surface area contributed by atoms with Gasteiger partial charge in [-0.15, -0.1) is 0 Å². The molecule has 1 fully saturated rings. The van der Waals surface area contributed by atoms with Crippen molar-refractivity contribution < 1.29 is 24.2 Å². The Morgan fingerprint density at radius 2 is 1.95 bits per heavy atom. The maximum atomic E-state index is 12.5. The number of carbonyl (C=O) groups excluding carboxylic acids is 1. The Balaban J connectivity index is 2.02. The molecule has 1 aromatic carbocycles. The average molecular weight is 307 g/mol. The maximum absolute atomic E-state index is 12.5. The minimum Gasteiger partial charge on any atom is -0.478 e. The van der Waals surface area contributed by atoms with Gasteiger partial charge in [0.15, 0.2) is 0 Å². The molecular weight excluding hydrogens is 286 g/mol. The number of amides is 1. The van der Waals surface area contributed by atoms with Crippen molar-refractivity contribution in [3.05, 3.63) is 35.4 Å². The van der Waals surface area contributed by atoms with E-state index in [1.165, 1.54) is 12.1 Å². The number of likely N-dealkylation sites (tertiary alicyclic amines) is 1. The number of rotatable bonds is 6. The first-order valence-electron chi connectivity index (χ1n) is 7.18. The molecule has 0 aliphatic carbocycles. The Kier molecular flexibility index (Phi) is 5.51. The first-order valence-corrected chi connectivity index (χ1v) is 7.18. The summed E-state index contributed by atoms with van der Waals surface area (Å²) in [5.41, 5.74) is 1.01. The van der Waals surface area contributed by atoms with Crippen molar-refractivity contribution in [2.45, 2.75) is 25.0 Å². The molecule has 0 bridgehead atoms. The minimum absolute atomic E-state index is 0.00433. The number of nitrogens with zero attached hydrogens (tertiary/aromatic N) is 1. The predicted octanol–water partition coefficient (Wildman–Crippen LogP) is 1.19. The molecule has 1 aliphatic rings. The second-order valence-electron chi connectivity index (χ2n) is 5.43. The van der Waals surface area contributed by atoms with Crippen LogP contribution in [0.4, 0.5) is 0 Å². The molecule has 0 saturated carbocycles. The number of carbonyl (C=O) groups is 2. The zero-order valence-electron chi connectivity index (χ0n) is 12.8. The summed E-state index contributed by atoms with van der Waals surface area (Å²) in [6.45, 7) is 1.06. The topological polar surface area (TPSA) is 76.1 Å². The summed E-state index contributed by atoms with van der Waals surface area (Å²) in [6, 6.07) is 6.41. The molecule has 1 amide bonds. The molecule has 0 spiro atoms. The van der Waals surface area contributed by atoms with Gasteiger partial charge < -0.3 is 19.5 Å². The van der Waals surface area contributed by atoms with E-state index in [4.69, 9.17) is 14.6 Å². The Labute approximate surface area is 129 Å². The summed E-state index contributed by atoms with van der Waals surface area (Å²) in [7, 11) is 3.26. The van der Waals surface area contributed by atoms with Crippen molar-refractivity contribution in [3.8, 4) is 0 Å². The largest absolute Gasteiger partial charge is 0.478 e. The van der Waals surface area contributed by atoms with Crippen LogP contribution in [0.2, 0.25) is 0 Å². The van der Waals surface area contributed by atoms with E-state index < -0.39 is 5.97 Å². The van der Waals surface area contributed by atoms with Crippen LogP contribution in [-0.4, -0.2) is 61.4 Å². The van der Waals surface area contributed by atoms with Crippen molar-refractivity contribution in [1.29, 1.82) is 0 Å². The summed E-state index contributed by atoms with van der Waals surface area (Å²) in [5.74, 6) is -0.967. The summed E-state index contributed by atoms with van der Waals surface area (Å²) < 4.78 is 10.5. The highest BCUT2D eigenvalue weighted by Crippen LogP contribution is 2.21. The van der Waals surface area contributed by atoms with Crippen molar-refractivity contribution >= 4 is 11.9 Å².